The van der Waals surface area contributed by atoms with Crippen LogP contribution >= 0.6 is 0 Å². The molecule has 0 aromatic heterocycles. The summed E-state index contributed by atoms with van der Waals surface area (Å²) < 4.78 is 0. The van der Waals surface area contributed by atoms with Gasteiger partial charge < -0.3 is 21.1 Å². The van der Waals surface area contributed by atoms with Crippen LogP contribution in [0.5, 0.6) is 0 Å². The van der Waals surface area contributed by atoms with Crippen molar-refractivity contribution in [2.75, 3.05) is 13.1 Å². The zero-order valence-corrected chi connectivity index (χ0v) is 8.97. The van der Waals surface area contributed by atoms with Crippen molar-refractivity contribution in [3.63, 3.8) is 0 Å². The molecule has 0 aromatic rings. The second kappa shape index (κ2) is 4.93. The number of piperazine rings is 1. The quantitative estimate of drug-likeness (QED) is 0.525. The molecule has 0 spiro atoms. The van der Waals surface area contributed by atoms with Crippen molar-refractivity contribution in [1.29, 1.82) is 0 Å². The third kappa shape index (κ3) is 2.69. The molecule has 1 rings (SSSR count). The number of nitrogens with zero attached hydrogens (tertiary/aromatic N) is 1. The molecule has 0 bridgehead atoms. The van der Waals surface area contributed by atoms with Crippen LogP contribution in [0.15, 0.2) is 0 Å². The predicted octanol–water partition coefficient (Wildman–Crippen LogP) is -1.86. The van der Waals surface area contributed by atoms with Crippen molar-refractivity contribution < 1.29 is 19.5 Å². The fraction of sp³-hybridized carbons (Fsp3) is 0.667. The molecule has 0 aromatic carbocycles. The van der Waals surface area contributed by atoms with Crippen LogP contribution in [0.3, 0.4) is 0 Å². The lowest BCUT2D eigenvalue weighted by molar-refractivity contribution is -0.149. The van der Waals surface area contributed by atoms with E-state index in [2.05, 4.69) is 5.32 Å². The van der Waals surface area contributed by atoms with Gasteiger partial charge in [0.25, 0.3) is 0 Å². The summed E-state index contributed by atoms with van der Waals surface area (Å²) in [5.41, 5.74) is 5.43. The minimum absolute atomic E-state index is 0.296. The Morgan fingerprint density at radius 2 is 2.31 bits per heavy atom. The Morgan fingerprint density at radius 3 is 2.81 bits per heavy atom. The monoisotopic (exact) mass is 229 g/mol. The van der Waals surface area contributed by atoms with Crippen molar-refractivity contribution >= 4 is 17.8 Å². The average Bonchev–Trinajstić information content (AvgIpc) is 2.19. The highest BCUT2D eigenvalue weighted by atomic mass is 16.4. The molecule has 1 fully saturated rings. The Labute approximate surface area is 92.6 Å². The molecule has 2 atom stereocenters. The largest absolute Gasteiger partial charge is 0.481 e. The van der Waals surface area contributed by atoms with Crippen molar-refractivity contribution in [3.05, 3.63) is 0 Å². The molecule has 16 heavy (non-hydrogen) atoms. The second-order valence-electron chi connectivity index (χ2n) is 3.72. The number of aliphatic carboxylic acids is 1. The van der Waals surface area contributed by atoms with Gasteiger partial charge in [0.1, 0.15) is 6.04 Å². The highest BCUT2D eigenvalue weighted by molar-refractivity contribution is 5.92. The number of hydrogen-bond donors (Lipinski definition) is 3. The van der Waals surface area contributed by atoms with Crippen LogP contribution in [0.4, 0.5) is 0 Å². The lowest BCUT2D eigenvalue weighted by Crippen LogP contribution is -2.60. The van der Waals surface area contributed by atoms with E-state index in [1.165, 1.54) is 11.8 Å². The number of carbonyl (C=O) groups excluding carboxylic acids is 2. The summed E-state index contributed by atoms with van der Waals surface area (Å²) in [5.74, 6) is -1.96. The van der Waals surface area contributed by atoms with E-state index in [4.69, 9.17) is 10.8 Å². The summed E-state index contributed by atoms with van der Waals surface area (Å²) in [4.78, 5) is 35.0. The topological polar surface area (TPSA) is 113 Å². The van der Waals surface area contributed by atoms with Crippen LogP contribution in [0.25, 0.3) is 0 Å². The first-order valence-corrected chi connectivity index (χ1v) is 4.99. The molecule has 1 heterocycles. The van der Waals surface area contributed by atoms with Crippen molar-refractivity contribution in [1.82, 2.24) is 10.2 Å². The number of rotatable bonds is 3. The standard InChI is InChI=1S/C9H15N3O4/c1-5(10)9(16)12-3-2-11-8(15)6(12)4-7(13)14/h5-6H,2-4,10H2,1H3,(H,11,15)(H,13,14). The van der Waals surface area contributed by atoms with E-state index >= 15 is 0 Å². The minimum atomic E-state index is -1.12. The molecule has 2 unspecified atom stereocenters. The summed E-state index contributed by atoms with van der Waals surface area (Å²) >= 11 is 0. The van der Waals surface area contributed by atoms with Gasteiger partial charge in [-0.05, 0) is 6.92 Å². The van der Waals surface area contributed by atoms with E-state index in [1.54, 1.807) is 0 Å². The first-order valence-electron chi connectivity index (χ1n) is 4.99. The smallest absolute Gasteiger partial charge is 0.305 e. The van der Waals surface area contributed by atoms with E-state index in [0.717, 1.165) is 0 Å². The van der Waals surface area contributed by atoms with Gasteiger partial charge in [-0.2, -0.15) is 0 Å². The van der Waals surface area contributed by atoms with Crippen LogP contribution in [0.2, 0.25) is 0 Å². The lowest BCUT2D eigenvalue weighted by atomic mass is 10.1. The zero-order chi connectivity index (χ0) is 12.3. The van der Waals surface area contributed by atoms with Gasteiger partial charge in [0.15, 0.2) is 0 Å². The Kier molecular flexibility index (Phi) is 3.83. The summed E-state index contributed by atoms with van der Waals surface area (Å²) in [6, 6.07) is -1.69. The first-order chi connectivity index (χ1) is 7.43. The van der Waals surface area contributed by atoms with Gasteiger partial charge in [0, 0.05) is 13.1 Å². The summed E-state index contributed by atoms with van der Waals surface area (Å²) in [6.45, 7) is 2.13. The Bertz CT molecular complexity index is 316. The number of carboxylic acid groups (broad SMARTS) is 1. The number of nitrogens with one attached hydrogen (secondary N) is 1. The molecule has 7 heteroatoms. The van der Waals surface area contributed by atoms with Crippen molar-refractivity contribution in [2.24, 2.45) is 5.73 Å². The molecule has 7 nitrogen and oxygen atoms in total. The number of carboxylic acids is 1. The molecular weight excluding hydrogens is 214 g/mol. The predicted molar refractivity (Wildman–Crippen MR) is 54.4 cm³/mol. The van der Waals surface area contributed by atoms with E-state index in [1.807, 2.05) is 0 Å². The minimum Gasteiger partial charge on any atom is -0.481 e. The van der Waals surface area contributed by atoms with Crippen LogP contribution in [0.1, 0.15) is 13.3 Å². The summed E-state index contributed by atoms with van der Waals surface area (Å²) in [5, 5.41) is 11.2. The SMILES string of the molecule is CC(N)C(=O)N1CCNC(=O)C1CC(=O)O. The maximum absolute atomic E-state index is 11.7. The van der Waals surface area contributed by atoms with Crippen molar-refractivity contribution in [2.45, 2.75) is 25.4 Å². The molecule has 4 N–H and O–H groups in total. The van der Waals surface area contributed by atoms with Gasteiger partial charge in [-0.1, -0.05) is 0 Å². The van der Waals surface area contributed by atoms with E-state index in [0.29, 0.717) is 13.1 Å². The first kappa shape index (κ1) is 12.4. The number of hydrogen-bond acceptors (Lipinski definition) is 4. The van der Waals surface area contributed by atoms with Crippen LogP contribution < -0.4 is 11.1 Å². The van der Waals surface area contributed by atoms with Gasteiger partial charge in [0.05, 0.1) is 12.5 Å². The fourth-order valence-corrected chi connectivity index (χ4v) is 1.61. The molecule has 2 amide bonds. The van der Waals surface area contributed by atoms with Gasteiger partial charge in [-0.3, -0.25) is 14.4 Å². The van der Waals surface area contributed by atoms with Crippen LogP contribution in [-0.2, 0) is 14.4 Å². The highest BCUT2D eigenvalue weighted by Crippen LogP contribution is 2.10. The zero-order valence-electron chi connectivity index (χ0n) is 8.97. The Morgan fingerprint density at radius 1 is 1.69 bits per heavy atom. The van der Waals surface area contributed by atoms with E-state index in [9.17, 15) is 14.4 Å². The van der Waals surface area contributed by atoms with Crippen LogP contribution in [-0.4, -0.2) is 53.0 Å². The molecular formula is C9H15N3O4. The van der Waals surface area contributed by atoms with Gasteiger partial charge in [0.2, 0.25) is 11.8 Å². The molecule has 1 saturated heterocycles. The molecule has 1 aliphatic heterocycles. The summed E-state index contributed by atoms with van der Waals surface area (Å²) in [7, 11) is 0. The van der Waals surface area contributed by atoms with Crippen molar-refractivity contribution in [3.8, 4) is 0 Å². The molecule has 0 saturated carbocycles. The molecule has 90 valence electrons. The Balaban J connectivity index is 2.82. The van der Waals surface area contributed by atoms with Crippen LogP contribution in [0, 0.1) is 0 Å². The summed E-state index contributed by atoms with van der Waals surface area (Å²) in [6.07, 6.45) is -0.399. The maximum atomic E-state index is 11.7. The second-order valence-corrected chi connectivity index (χ2v) is 3.72. The lowest BCUT2D eigenvalue weighted by Gasteiger charge is -2.35. The fourth-order valence-electron chi connectivity index (χ4n) is 1.61. The van der Waals surface area contributed by atoms with Gasteiger partial charge >= 0.3 is 5.97 Å². The third-order valence-corrected chi connectivity index (χ3v) is 2.37. The number of nitrogens with two attached hydrogens (primary N) is 1. The molecule has 0 aliphatic carbocycles. The van der Waals surface area contributed by atoms with E-state index < -0.39 is 36.3 Å². The highest BCUT2D eigenvalue weighted by Gasteiger charge is 2.35. The van der Waals surface area contributed by atoms with E-state index in [-0.39, 0.29) is 0 Å². The maximum Gasteiger partial charge on any atom is 0.305 e. The molecule has 1 aliphatic rings. The third-order valence-electron chi connectivity index (χ3n) is 2.37. The average molecular weight is 229 g/mol. The number of amides is 2. The molecule has 0 radical (unpaired) electrons. The van der Waals surface area contributed by atoms with Gasteiger partial charge in [-0.15, -0.1) is 0 Å². The Hall–Kier alpha value is -1.63. The normalized spacial score (nSPS) is 22.5. The number of carbonyl (C=O) groups is 3. The van der Waals surface area contributed by atoms with Gasteiger partial charge in [-0.25, -0.2) is 0 Å².